The van der Waals surface area contributed by atoms with Crippen LogP contribution in [0.5, 0.6) is 0 Å². The quantitative estimate of drug-likeness (QED) is 0.0682. The van der Waals surface area contributed by atoms with Gasteiger partial charge in [0, 0.05) is 22.7 Å². The standard InChI is InChI=1S/C15H22N6O5S.C2H5ClO3S.H2O4S/c1-27(3-2-7(16)15(24)25)4-8-10(22)11(23)14(26-8)21-6-20-9-12(17)18-5-19-13(9)21;3-1-2-7(4,5)6;1-5(2,3)4/h5-8,10-11,14,22-23H,2-4,16H2,1H3,(H2-,17,18,19,24,25);1-2H2,(H,4,5,6);(H2,1,2,3,4)/p-1/t7-,8+,10+,11+,14+,27?;;/m0../s1. The molecule has 3 heterocycles. The lowest BCUT2D eigenvalue weighted by molar-refractivity contribution is -0.138. The Kier molecular flexibility index (Phi) is 13.7. The van der Waals surface area contributed by atoms with Crippen molar-refractivity contribution in [1.29, 1.82) is 0 Å². The molecule has 0 saturated carbocycles. The molecule has 1 unspecified atom stereocenters. The Morgan fingerprint density at radius 2 is 1.82 bits per heavy atom. The lowest BCUT2D eigenvalue weighted by Gasteiger charge is -2.16. The Balaban J connectivity index is 0.000000531. The fourth-order valence-electron chi connectivity index (χ4n) is 3.07. The number of aromatic nitrogens is 4. The summed E-state index contributed by atoms with van der Waals surface area (Å²) in [7, 11) is -9.21. The van der Waals surface area contributed by atoms with Crippen molar-refractivity contribution in [1.82, 2.24) is 19.5 Å². The minimum Gasteiger partial charge on any atom is -0.759 e. The predicted octanol–water partition coefficient (Wildman–Crippen LogP) is -3.15. The van der Waals surface area contributed by atoms with Crippen molar-refractivity contribution in [2.24, 2.45) is 5.73 Å². The van der Waals surface area contributed by atoms with Crippen molar-refractivity contribution in [3.63, 3.8) is 0 Å². The van der Waals surface area contributed by atoms with E-state index in [9.17, 15) is 23.4 Å². The van der Waals surface area contributed by atoms with E-state index in [1.165, 1.54) is 17.2 Å². The molecule has 6 atom stereocenters. The third-order valence-corrected chi connectivity index (χ3v) is 7.84. The van der Waals surface area contributed by atoms with Crippen LogP contribution in [0.3, 0.4) is 0 Å². The highest BCUT2D eigenvalue weighted by Gasteiger charge is 2.46. The van der Waals surface area contributed by atoms with Gasteiger partial charge in [-0.1, -0.05) is 0 Å². The summed E-state index contributed by atoms with van der Waals surface area (Å²) in [5, 5.41) is 29.7. The van der Waals surface area contributed by atoms with Gasteiger partial charge in [0.1, 0.15) is 47.7 Å². The maximum Gasteiger partial charge on any atom is 0.320 e. The highest BCUT2D eigenvalue weighted by Crippen LogP contribution is 2.32. The first kappa shape index (κ1) is 35.1. The molecule has 0 aromatic carbocycles. The van der Waals surface area contributed by atoms with Gasteiger partial charge in [-0.25, -0.2) is 15.0 Å². The number of hydrogen-bond donors (Lipinski definition) is 6. The van der Waals surface area contributed by atoms with Crippen molar-refractivity contribution < 1.29 is 55.3 Å². The molecule has 224 valence electrons. The van der Waals surface area contributed by atoms with Crippen LogP contribution in [-0.4, -0.2) is 125 Å². The first-order valence-corrected chi connectivity index (χ1v) is 16.0. The maximum absolute atomic E-state index is 10.8. The number of nitrogens with two attached hydrogens (primary N) is 2. The zero-order valence-electron chi connectivity index (χ0n) is 20.2. The average molecular weight is 640 g/mol. The van der Waals surface area contributed by atoms with E-state index in [0.29, 0.717) is 29.1 Å². The number of anilines is 1. The number of imidazole rings is 1. The van der Waals surface area contributed by atoms with Crippen LogP contribution in [0.15, 0.2) is 12.7 Å². The second kappa shape index (κ2) is 15.2. The number of carboxylic acids is 1. The van der Waals surface area contributed by atoms with Crippen LogP contribution in [0.4, 0.5) is 5.82 Å². The average Bonchev–Trinajstić information content (AvgIpc) is 3.33. The summed E-state index contributed by atoms with van der Waals surface area (Å²) in [5.41, 5.74) is 12.1. The number of nitrogens with zero attached hydrogens (tertiary/aromatic N) is 4. The molecule has 0 spiro atoms. The summed E-state index contributed by atoms with van der Waals surface area (Å²) < 4.78 is 68.8. The van der Waals surface area contributed by atoms with Gasteiger partial charge in [-0.2, -0.15) is 8.42 Å². The third-order valence-electron chi connectivity index (χ3n) is 4.88. The minimum absolute atomic E-state index is 0.0567. The van der Waals surface area contributed by atoms with E-state index in [1.54, 1.807) is 0 Å². The number of halogens is 1. The van der Waals surface area contributed by atoms with Gasteiger partial charge >= 0.3 is 5.97 Å². The summed E-state index contributed by atoms with van der Waals surface area (Å²) >= 11 is 4.95. The maximum atomic E-state index is 10.8. The normalized spacial score (nSPS) is 22.8. The molecule has 0 aliphatic carbocycles. The van der Waals surface area contributed by atoms with E-state index < -0.39 is 57.1 Å². The van der Waals surface area contributed by atoms with Crippen LogP contribution in [0, 0.1) is 0 Å². The van der Waals surface area contributed by atoms with Crippen molar-refractivity contribution >= 4 is 66.0 Å². The smallest absolute Gasteiger partial charge is 0.320 e. The fraction of sp³-hybridized carbons (Fsp3) is 0.647. The number of carbonyl (C=O) groups is 1. The number of aliphatic hydroxyl groups excluding tert-OH is 2. The Bertz CT molecular complexity index is 1290. The summed E-state index contributed by atoms with van der Waals surface area (Å²) in [5.74, 6) is -0.169. The molecule has 0 bridgehead atoms. The summed E-state index contributed by atoms with van der Waals surface area (Å²) in [6.45, 7) is 0. The van der Waals surface area contributed by atoms with E-state index in [0.717, 1.165) is 0 Å². The summed E-state index contributed by atoms with van der Waals surface area (Å²) in [4.78, 5) is 23.0. The zero-order chi connectivity index (χ0) is 30.1. The van der Waals surface area contributed by atoms with Gasteiger partial charge in [0.05, 0.1) is 18.3 Å². The largest absolute Gasteiger partial charge is 0.759 e. The second-order valence-electron chi connectivity index (χ2n) is 7.90. The molecule has 1 aliphatic rings. The van der Waals surface area contributed by atoms with Crippen molar-refractivity contribution in [3.8, 4) is 0 Å². The van der Waals surface area contributed by atoms with Crippen LogP contribution in [0.25, 0.3) is 11.2 Å². The SMILES string of the molecule is C[S+](CC[C@H](N)C(=O)O)C[C@H]1O[C@@H](n2cnc3c(N)ncnc32)[C@H](O)[C@@H]1O.O=S(=O)(O)CCCl.O=S(=O)([O-])[O-]. The van der Waals surface area contributed by atoms with Gasteiger partial charge in [-0.3, -0.25) is 22.3 Å². The Labute approximate surface area is 231 Å². The van der Waals surface area contributed by atoms with E-state index in [-0.39, 0.29) is 28.3 Å². The molecular formula is C17H28ClN6O12S3-. The van der Waals surface area contributed by atoms with Crippen LogP contribution in [-0.2, 0) is 40.9 Å². The van der Waals surface area contributed by atoms with Crippen molar-refractivity contribution in [2.45, 2.75) is 37.0 Å². The molecule has 0 radical (unpaired) electrons. The highest BCUT2D eigenvalue weighted by molar-refractivity contribution is 7.96. The number of alkyl halides is 1. The van der Waals surface area contributed by atoms with Gasteiger partial charge < -0.3 is 40.6 Å². The van der Waals surface area contributed by atoms with Gasteiger partial charge in [-0.05, 0) is 10.9 Å². The monoisotopic (exact) mass is 639 g/mol. The van der Waals surface area contributed by atoms with Crippen LogP contribution in [0.2, 0.25) is 0 Å². The molecule has 2 aromatic rings. The summed E-state index contributed by atoms with van der Waals surface area (Å²) in [6.07, 6.45) is 1.31. The van der Waals surface area contributed by atoms with Crippen LogP contribution >= 0.6 is 11.6 Å². The third kappa shape index (κ3) is 12.4. The van der Waals surface area contributed by atoms with E-state index in [2.05, 4.69) is 15.0 Å². The van der Waals surface area contributed by atoms with Gasteiger partial charge in [0.2, 0.25) is 0 Å². The minimum atomic E-state index is -5.17. The molecule has 1 fully saturated rings. The number of aliphatic hydroxyl groups is 2. The molecule has 8 N–H and O–H groups in total. The molecule has 0 amide bonds. The number of aliphatic carboxylic acids is 1. The lowest BCUT2D eigenvalue weighted by atomic mass is 10.1. The molecule has 22 heteroatoms. The fourth-order valence-corrected chi connectivity index (χ4v) is 5.51. The van der Waals surface area contributed by atoms with E-state index in [1.807, 2.05) is 6.26 Å². The van der Waals surface area contributed by atoms with Gasteiger partial charge in [0.15, 0.2) is 17.7 Å². The molecular weight excluding hydrogens is 612 g/mol. The number of ether oxygens (including phenoxy) is 1. The highest BCUT2D eigenvalue weighted by atomic mass is 35.5. The Hall–Kier alpha value is -1.92. The first-order chi connectivity index (χ1) is 17.9. The topological polar surface area (TPSA) is 317 Å². The number of fused-ring (bicyclic) bond motifs is 1. The van der Waals surface area contributed by atoms with Crippen molar-refractivity contribution in [3.05, 3.63) is 12.7 Å². The van der Waals surface area contributed by atoms with Crippen LogP contribution < -0.4 is 11.5 Å². The Morgan fingerprint density at radius 3 is 2.31 bits per heavy atom. The predicted molar refractivity (Wildman–Crippen MR) is 137 cm³/mol. The Morgan fingerprint density at radius 1 is 1.23 bits per heavy atom. The number of nitrogen functional groups attached to an aromatic ring is 1. The van der Waals surface area contributed by atoms with E-state index >= 15 is 0 Å². The second-order valence-corrected chi connectivity index (χ2v) is 13.0. The first-order valence-electron chi connectivity index (χ1n) is 10.6. The van der Waals surface area contributed by atoms with Crippen LogP contribution in [0.1, 0.15) is 12.6 Å². The molecule has 1 saturated heterocycles. The zero-order valence-corrected chi connectivity index (χ0v) is 23.4. The number of carboxylic acid groups (broad SMARTS) is 1. The van der Waals surface area contributed by atoms with Crippen molar-refractivity contribution in [2.75, 3.05) is 35.1 Å². The number of hydrogen-bond acceptors (Lipinski definition) is 15. The van der Waals surface area contributed by atoms with E-state index in [4.69, 9.17) is 55.0 Å². The lowest BCUT2D eigenvalue weighted by Crippen LogP contribution is -2.37. The van der Waals surface area contributed by atoms with Gasteiger partial charge in [0.25, 0.3) is 10.1 Å². The molecule has 3 rings (SSSR count). The van der Waals surface area contributed by atoms with Gasteiger partial charge in [-0.15, -0.1) is 11.6 Å². The molecule has 39 heavy (non-hydrogen) atoms. The molecule has 1 aliphatic heterocycles. The molecule has 18 nitrogen and oxygen atoms in total. The number of rotatable bonds is 9. The molecule has 2 aromatic heterocycles. The summed E-state index contributed by atoms with van der Waals surface area (Å²) in [6, 6.07) is -0.907.